The van der Waals surface area contributed by atoms with Crippen molar-refractivity contribution < 1.29 is 38.2 Å². The van der Waals surface area contributed by atoms with Crippen molar-refractivity contribution in [1.29, 1.82) is 0 Å². The quantitative estimate of drug-likeness (QED) is 0.0817. The van der Waals surface area contributed by atoms with Crippen LogP contribution < -0.4 is 14.4 Å². The molecule has 1 heterocycles. The number of Topliss-reactive ketones (excluding diaryl/α,β-unsaturated/α-hetero) is 1. The summed E-state index contributed by atoms with van der Waals surface area (Å²) in [6, 6.07) is 34.6. The number of carbonyl (C=O) groups is 5. The molecule has 246 valence electrons. The van der Waals surface area contributed by atoms with Crippen molar-refractivity contribution in [2.75, 3.05) is 18.6 Å². The number of anilines is 1. The summed E-state index contributed by atoms with van der Waals surface area (Å²) in [6.45, 7) is -0.544. The molecule has 2 unspecified atom stereocenters. The van der Waals surface area contributed by atoms with Gasteiger partial charge in [-0.1, -0.05) is 60.7 Å². The van der Waals surface area contributed by atoms with Crippen LogP contribution in [0.2, 0.25) is 0 Å². The number of methoxy groups -OCH3 is 1. The molecular weight excluding hydrogens is 634 g/mol. The van der Waals surface area contributed by atoms with Gasteiger partial charge in [0.1, 0.15) is 11.5 Å². The predicted molar refractivity (Wildman–Crippen MR) is 181 cm³/mol. The molecular formula is C41H29NO8. The number of benzene rings is 5. The number of hydrogen-bond acceptors (Lipinski definition) is 8. The fraction of sp³-hybridized carbons (Fsp3) is 0.146. The van der Waals surface area contributed by atoms with Crippen LogP contribution in [0.3, 0.4) is 0 Å². The van der Waals surface area contributed by atoms with Crippen LogP contribution in [0.1, 0.15) is 65.2 Å². The highest BCUT2D eigenvalue weighted by molar-refractivity contribution is 6.23. The van der Waals surface area contributed by atoms with Gasteiger partial charge in [-0.3, -0.25) is 14.4 Å². The minimum atomic E-state index is -0.777. The Morgan fingerprint density at radius 3 is 1.68 bits per heavy atom. The molecule has 9 nitrogen and oxygen atoms in total. The molecule has 4 aliphatic rings. The number of esters is 2. The Kier molecular flexibility index (Phi) is 7.60. The van der Waals surface area contributed by atoms with Crippen LogP contribution in [-0.2, 0) is 14.3 Å². The van der Waals surface area contributed by atoms with E-state index in [4.69, 9.17) is 14.2 Å². The van der Waals surface area contributed by atoms with Gasteiger partial charge in [0.05, 0.1) is 35.8 Å². The zero-order valence-electron chi connectivity index (χ0n) is 26.8. The van der Waals surface area contributed by atoms with Crippen molar-refractivity contribution in [2.24, 2.45) is 11.8 Å². The van der Waals surface area contributed by atoms with Gasteiger partial charge in [-0.05, 0) is 82.9 Å². The molecule has 1 aliphatic heterocycles. The molecule has 1 saturated heterocycles. The summed E-state index contributed by atoms with van der Waals surface area (Å²) in [5.74, 6) is -3.27. The second-order valence-corrected chi connectivity index (χ2v) is 12.5. The summed E-state index contributed by atoms with van der Waals surface area (Å²) >= 11 is 0. The molecule has 2 atom stereocenters. The lowest BCUT2D eigenvalue weighted by atomic mass is 9.55. The Morgan fingerprint density at radius 2 is 1.12 bits per heavy atom. The summed E-state index contributed by atoms with van der Waals surface area (Å²) in [5.41, 5.74) is 5.23. The number of rotatable bonds is 8. The maximum absolute atomic E-state index is 14.1. The van der Waals surface area contributed by atoms with Crippen LogP contribution in [0.15, 0.2) is 121 Å². The van der Waals surface area contributed by atoms with E-state index in [1.165, 1.54) is 48.4 Å². The molecule has 0 saturated carbocycles. The van der Waals surface area contributed by atoms with Crippen molar-refractivity contribution in [3.63, 3.8) is 0 Å². The van der Waals surface area contributed by atoms with E-state index in [9.17, 15) is 24.0 Å². The summed E-state index contributed by atoms with van der Waals surface area (Å²) in [7, 11) is 1.50. The Labute approximate surface area is 287 Å². The van der Waals surface area contributed by atoms with Gasteiger partial charge < -0.3 is 14.2 Å². The molecule has 0 aromatic heterocycles. The smallest absolute Gasteiger partial charge is 0.343 e. The predicted octanol–water partition coefficient (Wildman–Crippen LogP) is 6.35. The molecule has 0 N–H and O–H groups in total. The average Bonchev–Trinajstić information content (AvgIpc) is 3.43. The largest absolute Gasteiger partial charge is 0.497 e. The standard InChI is InChI=1S/C41H29NO8/c1-48-28-11-7-9-25(21-28)41(47)50-27-18-16-23(17-19-27)33(43)22-49-40(46)24-8-6-10-26(20-24)42-38(44)36-34-29-12-2-3-13-30(29)35(37(36)39(42)45)32-15-5-4-14-31(32)34/h2-21,34-37H,22H2,1H3. The Balaban J connectivity index is 0.950. The van der Waals surface area contributed by atoms with Crippen LogP contribution in [0, 0.1) is 11.8 Å². The number of imide groups is 1. The lowest BCUT2D eigenvalue weighted by Crippen LogP contribution is -2.41. The monoisotopic (exact) mass is 663 g/mol. The Bertz CT molecular complexity index is 2110. The van der Waals surface area contributed by atoms with Gasteiger partial charge in [0.15, 0.2) is 12.4 Å². The Morgan fingerprint density at radius 1 is 0.580 bits per heavy atom. The van der Waals surface area contributed by atoms with E-state index < -0.39 is 36.2 Å². The third-order valence-electron chi connectivity index (χ3n) is 9.82. The van der Waals surface area contributed by atoms with Gasteiger partial charge in [-0.25, -0.2) is 14.5 Å². The highest BCUT2D eigenvalue weighted by Crippen LogP contribution is 2.61. The van der Waals surface area contributed by atoms with Crippen LogP contribution >= 0.6 is 0 Å². The fourth-order valence-electron chi connectivity index (χ4n) is 7.63. The highest BCUT2D eigenvalue weighted by Gasteiger charge is 2.61. The van der Waals surface area contributed by atoms with E-state index >= 15 is 0 Å². The van der Waals surface area contributed by atoms with Crippen LogP contribution in [-0.4, -0.2) is 43.3 Å². The second kappa shape index (κ2) is 12.3. The lowest BCUT2D eigenvalue weighted by Gasteiger charge is -2.45. The van der Waals surface area contributed by atoms with Gasteiger partial charge >= 0.3 is 11.9 Å². The zero-order valence-corrected chi connectivity index (χ0v) is 26.8. The van der Waals surface area contributed by atoms with E-state index in [0.717, 1.165) is 22.3 Å². The van der Waals surface area contributed by atoms with Crippen molar-refractivity contribution in [3.05, 3.63) is 160 Å². The number of hydrogen-bond donors (Lipinski definition) is 0. The van der Waals surface area contributed by atoms with E-state index in [2.05, 4.69) is 0 Å². The van der Waals surface area contributed by atoms with Crippen LogP contribution in [0.25, 0.3) is 0 Å². The SMILES string of the molecule is COc1cccc(C(=O)Oc2ccc(C(=O)COC(=O)c3cccc(N4C(=O)C5C6c7ccccc7C(c7ccccc76)C5C4=O)c3)cc2)c1. The number of nitrogens with zero attached hydrogens (tertiary/aromatic N) is 1. The van der Waals surface area contributed by atoms with Crippen LogP contribution in [0.5, 0.6) is 11.5 Å². The molecule has 1 fully saturated rings. The molecule has 2 amide bonds. The molecule has 0 spiro atoms. The van der Waals surface area contributed by atoms with Gasteiger partial charge in [0.25, 0.3) is 0 Å². The maximum atomic E-state index is 14.1. The summed E-state index contributed by atoms with van der Waals surface area (Å²) in [4.78, 5) is 67.9. The number of ketones is 1. The van der Waals surface area contributed by atoms with Gasteiger partial charge in [0, 0.05) is 17.4 Å². The molecule has 9 rings (SSSR count). The summed E-state index contributed by atoms with van der Waals surface area (Å²) in [6.07, 6.45) is 0. The van der Waals surface area contributed by atoms with Gasteiger partial charge in [-0.15, -0.1) is 0 Å². The fourth-order valence-corrected chi connectivity index (χ4v) is 7.63. The first kappa shape index (κ1) is 31.0. The third kappa shape index (κ3) is 5.06. The van der Waals surface area contributed by atoms with E-state index in [-0.39, 0.29) is 46.2 Å². The first-order valence-corrected chi connectivity index (χ1v) is 16.2. The third-order valence-corrected chi connectivity index (χ3v) is 9.82. The maximum Gasteiger partial charge on any atom is 0.343 e. The minimum Gasteiger partial charge on any atom is -0.497 e. The molecule has 5 aromatic rings. The topological polar surface area (TPSA) is 116 Å². The van der Waals surface area contributed by atoms with Crippen molar-refractivity contribution in [3.8, 4) is 11.5 Å². The number of amides is 2. The molecule has 5 aromatic carbocycles. The van der Waals surface area contributed by atoms with Gasteiger partial charge in [0.2, 0.25) is 11.8 Å². The number of ether oxygens (including phenoxy) is 3. The average molecular weight is 664 g/mol. The Hall–Kier alpha value is -6.35. The van der Waals surface area contributed by atoms with E-state index in [1.807, 2.05) is 48.5 Å². The molecule has 3 aliphatic carbocycles. The summed E-state index contributed by atoms with van der Waals surface area (Å²) in [5, 5.41) is 0. The van der Waals surface area contributed by atoms with Crippen molar-refractivity contribution in [1.82, 2.24) is 0 Å². The van der Waals surface area contributed by atoms with Gasteiger partial charge in [-0.2, -0.15) is 0 Å². The van der Waals surface area contributed by atoms with Crippen LogP contribution in [0.4, 0.5) is 5.69 Å². The van der Waals surface area contributed by atoms with Crippen molar-refractivity contribution in [2.45, 2.75) is 11.8 Å². The lowest BCUT2D eigenvalue weighted by molar-refractivity contribution is -0.122. The molecule has 9 heteroatoms. The highest BCUT2D eigenvalue weighted by atomic mass is 16.5. The minimum absolute atomic E-state index is 0.0973. The summed E-state index contributed by atoms with van der Waals surface area (Å²) < 4.78 is 15.9. The molecule has 50 heavy (non-hydrogen) atoms. The second-order valence-electron chi connectivity index (χ2n) is 12.5. The molecule has 2 bridgehead atoms. The van der Waals surface area contributed by atoms with E-state index in [0.29, 0.717) is 11.3 Å². The normalized spacial score (nSPS) is 19.7. The van der Waals surface area contributed by atoms with E-state index in [1.54, 1.807) is 36.4 Å². The first-order chi connectivity index (χ1) is 24.3. The molecule has 0 radical (unpaired) electrons. The van der Waals surface area contributed by atoms with Crippen molar-refractivity contribution >= 4 is 35.2 Å². The zero-order chi connectivity index (χ0) is 34.5. The number of carbonyl (C=O) groups excluding carboxylic acids is 5. The first-order valence-electron chi connectivity index (χ1n) is 16.2.